The molecule has 31 heavy (non-hydrogen) atoms. The second-order valence-corrected chi connectivity index (χ2v) is 10.6. The van der Waals surface area contributed by atoms with Crippen LogP contribution in [0.1, 0.15) is 34.2 Å². The lowest BCUT2D eigenvalue weighted by atomic mass is 10.1. The summed E-state index contributed by atoms with van der Waals surface area (Å²) in [6, 6.07) is 13.9. The van der Waals surface area contributed by atoms with Gasteiger partial charge in [0.25, 0.3) is 5.91 Å². The predicted molar refractivity (Wildman–Crippen MR) is 122 cm³/mol. The maximum absolute atomic E-state index is 13.7. The van der Waals surface area contributed by atoms with E-state index in [9.17, 15) is 13.2 Å². The molecule has 0 bridgehead atoms. The number of sulfone groups is 1. The van der Waals surface area contributed by atoms with E-state index in [1.165, 1.54) is 22.3 Å². The first-order valence-corrected chi connectivity index (χ1v) is 12.3. The number of furan rings is 1. The lowest BCUT2D eigenvalue weighted by molar-refractivity contribution is 0.0980. The van der Waals surface area contributed by atoms with Crippen molar-refractivity contribution in [2.75, 3.05) is 10.7 Å². The minimum absolute atomic E-state index is 0.0279. The Morgan fingerprint density at radius 1 is 1.13 bits per heavy atom. The molecule has 4 aromatic rings. The molecule has 1 amide bonds. The first-order chi connectivity index (χ1) is 14.8. The minimum Gasteiger partial charge on any atom is -0.467 e. The van der Waals surface area contributed by atoms with Crippen LogP contribution < -0.4 is 4.90 Å². The Balaban J connectivity index is 1.86. The monoisotopic (exact) mass is 454 g/mol. The van der Waals surface area contributed by atoms with E-state index >= 15 is 0 Å². The van der Waals surface area contributed by atoms with E-state index < -0.39 is 15.7 Å². The number of fused-ring (bicyclic) bond motifs is 1. The van der Waals surface area contributed by atoms with Crippen LogP contribution in [0.2, 0.25) is 0 Å². The summed E-state index contributed by atoms with van der Waals surface area (Å²) in [4.78, 5) is 19.9. The standard InChI is InChI=1S/C23H22N2O4S2/c1-4-31(27,28)20-10-6-5-9-18(20)22(26)25(14-17-8-7-11-29-17)23-24-21-16(3)12-15(2)13-19(21)30-23/h5-13H,4,14H2,1-3H3. The number of aryl methyl sites for hydroxylation is 2. The zero-order valence-corrected chi connectivity index (χ0v) is 19.1. The number of thiazole rings is 1. The minimum atomic E-state index is -3.58. The molecule has 0 unspecified atom stereocenters. The van der Waals surface area contributed by atoms with Crippen molar-refractivity contribution < 1.29 is 17.6 Å². The lowest BCUT2D eigenvalue weighted by Gasteiger charge is -2.20. The third-order valence-corrected chi connectivity index (χ3v) is 7.83. The molecule has 160 valence electrons. The van der Waals surface area contributed by atoms with E-state index in [1.807, 2.05) is 26.0 Å². The molecule has 0 fully saturated rings. The van der Waals surface area contributed by atoms with Crippen LogP contribution in [0.5, 0.6) is 0 Å². The molecule has 0 saturated heterocycles. The molecule has 0 saturated carbocycles. The van der Waals surface area contributed by atoms with Gasteiger partial charge in [-0.15, -0.1) is 0 Å². The van der Waals surface area contributed by atoms with Gasteiger partial charge >= 0.3 is 0 Å². The van der Waals surface area contributed by atoms with Crippen molar-refractivity contribution in [1.29, 1.82) is 0 Å². The van der Waals surface area contributed by atoms with Crippen molar-refractivity contribution in [2.45, 2.75) is 32.2 Å². The maximum atomic E-state index is 13.7. The number of hydrogen-bond acceptors (Lipinski definition) is 6. The zero-order valence-electron chi connectivity index (χ0n) is 17.5. The van der Waals surface area contributed by atoms with Gasteiger partial charge in [0.05, 0.1) is 39.2 Å². The van der Waals surface area contributed by atoms with Gasteiger partial charge < -0.3 is 4.42 Å². The number of amides is 1. The van der Waals surface area contributed by atoms with E-state index in [0.29, 0.717) is 10.9 Å². The quantitative estimate of drug-likeness (QED) is 0.403. The van der Waals surface area contributed by atoms with E-state index in [2.05, 4.69) is 0 Å². The third kappa shape index (κ3) is 4.13. The maximum Gasteiger partial charge on any atom is 0.261 e. The van der Waals surface area contributed by atoms with Gasteiger partial charge in [-0.3, -0.25) is 9.69 Å². The number of nitrogens with zero attached hydrogens (tertiary/aromatic N) is 2. The fraction of sp³-hybridized carbons (Fsp3) is 0.217. The van der Waals surface area contributed by atoms with E-state index in [0.717, 1.165) is 21.3 Å². The summed E-state index contributed by atoms with van der Waals surface area (Å²) >= 11 is 1.40. The van der Waals surface area contributed by atoms with Crippen LogP contribution in [-0.4, -0.2) is 25.1 Å². The van der Waals surface area contributed by atoms with Gasteiger partial charge in [-0.25, -0.2) is 13.4 Å². The van der Waals surface area contributed by atoms with E-state index in [-0.39, 0.29) is 22.8 Å². The van der Waals surface area contributed by atoms with Crippen molar-refractivity contribution in [3.63, 3.8) is 0 Å². The molecule has 0 N–H and O–H groups in total. The Labute approximate surface area is 185 Å². The number of aromatic nitrogens is 1. The highest BCUT2D eigenvalue weighted by atomic mass is 32.2. The highest BCUT2D eigenvalue weighted by molar-refractivity contribution is 7.91. The highest BCUT2D eigenvalue weighted by Crippen LogP contribution is 2.34. The van der Waals surface area contributed by atoms with Gasteiger partial charge in [-0.05, 0) is 55.3 Å². The lowest BCUT2D eigenvalue weighted by Crippen LogP contribution is -2.31. The molecular weight excluding hydrogens is 432 g/mol. The van der Waals surface area contributed by atoms with Crippen molar-refractivity contribution in [3.05, 3.63) is 77.2 Å². The van der Waals surface area contributed by atoms with Crippen LogP contribution in [0.4, 0.5) is 5.13 Å². The molecule has 6 nitrogen and oxygen atoms in total. The second-order valence-electron chi connectivity index (χ2n) is 7.30. The Hall–Kier alpha value is -2.97. The van der Waals surface area contributed by atoms with Crippen LogP contribution in [0.3, 0.4) is 0 Å². The Kier molecular flexibility index (Phi) is 5.68. The van der Waals surface area contributed by atoms with Crippen molar-refractivity contribution in [2.24, 2.45) is 0 Å². The average Bonchev–Trinajstić information content (AvgIpc) is 3.41. The van der Waals surface area contributed by atoms with Gasteiger partial charge in [0, 0.05) is 0 Å². The molecule has 0 atom stereocenters. The largest absolute Gasteiger partial charge is 0.467 e. The zero-order chi connectivity index (χ0) is 22.2. The molecule has 0 aliphatic rings. The molecule has 8 heteroatoms. The normalized spacial score (nSPS) is 11.7. The van der Waals surface area contributed by atoms with Crippen molar-refractivity contribution in [3.8, 4) is 0 Å². The molecule has 2 heterocycles. The first kappa shape index (κ1) is 21.3. The topological polar surface area (TPSA) is 80.5 Å². The average molecular weight is 455 g/mol. The van der Waals surface area contributed by atoms with Gasteiger partial charge in [-0.2, -0.15) is 0 Å². The van der Waals surface area contributed by atoms with E-state index in [1.54, 1.807) is 43.5 Å². The van der Waals surface area contributed by atoms with E-state index in [4.69, 9.17) is 9.40 Å². The molecule has 0 aliphatic carbocycles. The Morgan fingerprint density at radius 3 is 2.61 bits per heavy atom. The third-order valence-electron chi connectivity index (χ3n) is 5.02. The number of rotatable bonds is 6. The first-order valence-electron chi connectivity index (χ1n) is 9.84. The van der Waals surface area contributed by atoms with Gasteiger partial charge in [0.2, 0.25) is 0 Å². The van der Waals surface area contributed by atoms with Crippen molar-refractivity contribution >= 4 is 42.4 Å². The van der Waals surface area contributed by atoms with Crippen LogP contribution in [0.25, 0.3) is 10.2 Å². The van der Waals surface area contributed by atoms with Crippen LogP contribution in [-0.2, 0) is 16.4 Å². The van der Waals surface area contributed by atoms with Crippen molar-refractivity contribution in [1.82, 2.24) is 4.98 Å². The highest BCUT2D eigenvalue weighted by Gasteiger charge is 2.28. The molecular formula is C23H22N2O4S2. The summed E-state index contributed by atoms with van der Waals surface area (Å²) in [6.07, 6.45) is 1.54. The smallest absolute Gasteiger partial charge is 0.261 e. The number of anilines is 1. The summed E-state index contributed by atoms with van der Waals surface area (Å²) in [7, 11) is -3.58. The molecule has 4 rings (SSSR count). The summed E-state index contributed by atoms with van der Waals surface area (Å²) < 4.78 is 31.7. The number of hydrogen-bond donors (Lipinski definition) is 0. The van der Waals surface area contributed by atoms with Crippen LogP contribution in [0.15, 0.2) is 64.1 Å². The van der Waals surface area contributed by atoms with Gasteiger partial charge in [0.15, 0.2) is 15.0 Å². The predicted octanol–water partition coefficient (Wildman–Crippen LogP) is 5.15. The van der Waals surface area contributed by atoms with Gasteiger partial charge in [-0.1, -0.05) is 36.5 Å². The summed E-state index contributed by atoms with van der Waals surface area (Å²) in [5, 5.41) is 0.494. The summed E-state index contributed by atoms with van der Waals surface area (Å²) in [5.41, 5.74) is 3.10. The Morgan fingerprint density at radius 2 is 1.90 bits per heavy atom. The number of carbonyl (C=O) groups is 1. The van der Waals surface area contributed by atoms with Crippen LogP contribution in [0, 0.1) is 13.8 Å². The van der Waals surface area contributed by atoms with Gasteiger partial charge in [0.1, 0.15) is 5.76 Å². The fourth-order valence-electron chi connectivity index (χ4n) is 3.47. The summed E-state index contributed by atoms with van der Waals surface area (Å²) in [5.74, 6) is 0.0588. The number of carbonyl (C=O) groups excluding carboxylic acids is 1. The van der Waals surface area contributed by atoms with Crippen LogP contribution >= 0.6 is 11.3 Å². The molecule has 0 aliphatic heterocycles. The summed E-state index contributed by atoms with van der Waals surface area (Å²) in [6.45, 7) is 5.71. The molecule has 2 aromatic heterocycles. The SMILES string of the molecule is CCS(=O)(=O)c1ccccc1C(=O)N(Cc1ccco1)c1nc2c(C)cc(C)cc2s1. The molecule has 0 radical (unpaired) electrons. The molecule has 0 spiro atoms. The second kappa shape index (κ2) is 8.28. The molecule has 2 aromatic carbocycles. The Bertz CT molecular complexity index is 1360. The fourth-order valence-corrected chi connectivity index (χ4v) is 5.70. The number of benzene rings is 2.